The number of nitrogens with two attached hydrogens (primary N) is 2. The molecule has 270 valence electrons. The van der Waals surface area contributed by atoms with Crippen molar-refractivity contribution in [3.05, 3.63) is 0 Å². The second-order valence-electron chi connectivity index (χ2n) is 13.9. The van der Waals surface area contributed by atoms with E-state index in [-0.39, 0.29) is 30.8 Å². The van der Waals surface area contributed by atoms with Crippen molar-refractivity contribution < 1.29 is 28.7 Å². The van der Waals surface area contributed by atoms with Crippen molar-refractivity contribution >= 4 is 29.5 Å². The van der Waals surface area contributed by atoms with Gasteiger partial charge in [0.15, 0.2) is 0 Å². The molecule has 2 rings (SSSR count). The van der Waals surface area contributed by atoms with Gasteiger partial charge in [0.05, 0.1) is 12.0 Å². The average molecular weight is 666 g/mol. The number of hydrogen-bond acceptors (Lipinski definition) is 8. The lowest BCUT2D eigenvalue weighted by atomic mass is 9.90. The van der Waals surface area contributed by atoms with E-state index in [9.17, 15) is 24.0 Å². The van der Waals surface area contributed by atoms with Crippen LogP contribution in [0.15, 0.2) is 0 Å². The molecule has 13 nitrogen and oxygen atoms in total. The smallest absolute Gasteiger partial charge is 0.245 e. The van der Waals surface area contributed by atoms with Gasteiger partial charge in [0.25, 0.3) is 0 Å². The second kappa shape index (κ2) is 20.6. The highest BCUT2D eigenvalue weighted by atomic mass is 16.5. The first-order valence-corrected chi connectivity index (χ1v) is 17.9. The lowest BCUT2D eigenvalue weighted by Gasteiger charge is -2.36. The van der Waals surface area contributed by atoms with Crippen molar-refractivity contribution in [2.75, 3.05) is 20.1 Å². The Kier molecular flexibility index (Phi) is 17.7. The van der Waals surface area contributed by atoms with Crippen molar-refractivity contribution in [1.82, 2.24) is 26.2 Å². The van der Waals surface area contributed by atoms with Gasteiger partial charge in [-0.1, -0.05) is 79.1 Å². The summed E-state index contributed by atoms with van der Waals surface area (Å²) in [7, 11) is 1.63. The van der Waals surface area contributed by atoms with Crippen LogP contribution in [0.4, 0.5) is 0 Å². The Morgan fingerprint density at radius 3 is 1.91 bits per heavy atom. The highest BCUT2D eigenvalue weighted by Gasteiger charge is 2.39. The first-order chi connectivity index (χ1) is 22.3. The topological polar surface area (TPSA) is 198 Å². The molecule has 0 aromatic rings. The lowest BCUT2D eigenvalue weighted by Crippen LogP contribution is -2.62. The maximum Gasteiger partial charge on any atom is 0.245 e. The summed E-state index contributed by atoms with van der Waals surface area (Å²) in [5, 5.41) is 11.1. The van der Waals surface area contributed by atoms with Crippen LogP contribution in [0.25, 0.3) is 0 Å². The molecule has 13 heteroatoms. The Balaban J connectivity index is 2.56. The molecule has 1 heterocycles. The highest BCUT2D eigenvalue weighted by molar-refractivity contribution is 5.96. The van der Waals surface area contributed by atoms with E-state index in [1.165, 1.54) is 4.90 Å². The zero-order valence-corrected chi connectivity index (χ0v) is 29.6. The van der Waals surface area contributed by atoms with Gasteiger partial charge in [0.2, 0.25) is 29.5 Å². The van der Waals surface area contributed by atoms with Gasteiger partial charge in [-0.15, -0.1) is 0 Å². The Morgan fingerprint density at radius 2 is 1.36 bits per heavy atom. The summed E-state index contributed by atoms with van der Waals surface area (Å²) in [5.74, 6) is -3.10. The average Bonchev–Trinajstić information content (AvgIpc) is 3.32. The molecule has 0 bridgehead atoms. The lowest BCUT2D eigenvalue weighted by molar-refractivity contribution is -0.150. The molecule has 1 aliphatic heterocycles. The van der Waals surface area contributed by atoms with E-state index in [2.05, 4.69) is 28.2 Å². The minimum atomic E-state index is -1.16. The fourth-order valence-corrected chi connectivity index (χ4v) is 6.61. The van der Waals surface area contributed by atoms with Crippen molar-refractivity contribution in [3.8, 4) is 0 Å². The molecule has 5 amide bonds. The molecule has 7 atom stereocenters. The summed E-state index contributed by atoms with van der Waals surface area (Å²) in [6, 6.07) is -4.03. The number of carbonyl (C=O) groups is 5. The summed E-state index contributed by atoms with van der Waals surface area (Å²) in [5.41, 5.74) is 11.8. The number of hydrogen-bond donors (Lipinski definition) is 6. The van der Waals surface area contributed by atoms with E-state index >= 15 is 0 Å². The van der Waals surface area contributed by atoms with Gasteiger partial charge in [0.1, 0.15) is 30.4 Å². The van der Waals surface area contributed by atoms with Gasteiger partial charge in [-0.2, -0.15) is 0 Å². The van der Waals surface area contributed by atoms with Crippen molar-refractivity contribution in [2.24, 2.45) is 29.2 Å². The van der Waals surface area contributed by atoms with Crippen molar-refractivity contribution in [2.45, 2.75) is 148 Å². The van der Waals surface area contributed by atoms with Gasteiger partial charge in [-0.25, -0.2) is 0 Å². The molecular formula is C34H63N7O6. The maximum absolute atomic E-state index is 14.1. The van der Waals surface area contributed by atoms with Crippen molar-refractivity contribution in [3.63, 3.8) is 0 Å². The Bertz CT molecular complexity index is 1020. The number of carbonyl (C=O) groups excluding carboxylic acids is 5. The Labute approximate surface area is 281 Å². The largest absolute Gasteiger partial charge is 0.355 e. The van der Waals surface area contributed by atoms with Crippen LogP contribution in [0.5, 0.6) is 0 Å². The van der Waals surface area contributed by atoms with Crippen LogP contribution in [0.1, 0.15) is 112 Å². The molecule has 1 saturated carbocycles. The summed E-state index contributed by atoms with van der Waals surface area (Å²) < 4.78 is 6.29. The third-order valence-electron chi connectivity index (χ3n) is 9.52. The van der Waals surface area contributed by atoms with Crippen LogP contribution in [0.3, 0.4) is 0 Å². The van der Waals surface area contributed by atoms with Crippen LogP contribution in [-0.4, -0.2) is 91.1 Å². The Hall–Kier alpha value is -2.77. The first kappa shape index (κ1) is 40.4. The predicted octanol–water partition coefficient (Wildman–Crippen LogP) is 1.67. The van der Waals surface area contributed by atoms with Gasteiger partial charge in [-0.05, 0) is 44.4 Å². The molecule has 0 aromatic carbocycles. The highest BCUT2D eigenvalue weighted by Crippen LogP contribution is 2.27. The number of ether oxygens (including phenoxy) is 1. The first-order valence-electron chi connectivity index (χ1n) is 17.9. The third-order valence-corrected chi connectivity index (χ3v) is 9.52. The number of rotatable bonds is 10. The number of likely N-dealkylation sites (N-methyl/N-ethyl adjacent to an activating group) is 1. The molecule has 0 radical (unpaired) electrons. The van der Waals surface area contributed by atoms with Gasteiger partial charge in [0, 0.05) is 20.1 Å². The minimum Gasteiger partial charge on any atom is -0.355 e. The third kappa shape index (κ3) is 12.6. The van der Waals surface area contributed by atoms with Crippen molar-refractivity contribution in [1.29, 1.82) is 0 Å². The van der Waals surface area contributed by atoms with Crippen LogP contribution in [-0.2, 0) is 28.7 Å². The fraction of sp³-hybridized carbons (Fsp3) is 0.853. The summed E-state index contributed by atoms with van der Waals surface area (Å²) in [6.45, 7) is 9.12. The number of nitrogens with one attached hydrogen (secondary N) is 4. The Morgan fingerprint density at radius 1 is 0.787 bits per heavy atom. The minimum absolute atomic E-state index is 0.0801. The zero-order chi connectivity index (χ0) is 35.1. The van der Waals surface area contributed by atoms with E-state index in [1.807, 2.05) is 13.8 Å². The van der Waals surface area contributed by atoms with Crippen LogP contribution in [0, 0.1) is 17.8 Å². The molecule has 0 aromatic heterocycles. The predicted molar refractivity (Wildman–Crippen MR) is 182 cm³/mol. The number of amides is 5. The van der Waals surface area contributed by atoms with Gasteiger partial charge in [-0.3, -0.25) is 24.0 Å². The molecular weight excluding hydrogens is 602 g/mol. The summed E-state index contributed by atoms with van der Waals surface area (Å²) >= 11 is 0. The van der Waals surface area contributed by atoms with E-state index in [0.29, 0.717) is 12.8 Å². The summed E-state index contributed by atoms with van der Waals surface area (Å²) in [4.78, 5) is 70.1. The molecule has 2 fully saturated rings. The monoisotopic (exact) mass is 665 g/mol. The van der Waals surface area contributed by atoms with Gasteiger partial charge >= 0.3 is 0 Å². The van der Waals surface area contributed by atoms with Gasteiger partial charge < -0.3 is 42.4 Å². The summed E-state index contributed by atoms with van der Waals surface area (Å²) in [6.07, 6.45) is 8.94. The SMILES string of the molecule is CCCCCC[C@H]1O[C@@H](C)NC(=O)[C@H](CN)NC(=O)[C@H](CN)NC(=O)[C@H](C2CCCCCC2)NC(=O)[C@H](CC(C)C)N(C)C(=O)[C@@H]1C. The van der Waals surface area contributed by atoms with E-state index < -0.39 is 66.0 Å². The number of unbranched alkanes of at least 4 members (excludes halogenated alkanes) is 3. The molecule has 1 saturated heterocycles. The second-order valence-corrected chi connectivity index (χ2v) is 13.9. The molecule has 2 aliphatic rings. The van der Waals surface area contributed by atoms with Crippen LogP contribution in [0.2, 0.25) is 0 Å². The van der Waals surface area contributed by atoms with E-state index in [4.69, 9.17) is 16.2 Å². The quantitative estimate of drug-likeness (QED) is 0.150. The molecule has 1 aliphatic carbocycles. The maximum atomic E-state index is 14.1. The normalized spacial score (nSPS) is 30.1. The number of nitrogens with zero attached hydrogens (tertiary/aromatic N) is 1. The standard InChI is InChI=1S/C34H63N7O6/c1-7-8-9-14-17-28-22(4)34(46)41(6)27(18-21(2)3)32(44)40-29(24-15-12-10-11-13-16-24)33(45)39-26(20-36)31(43)38-25(19-35)30(42)37-23(5)47-28/h21-29H,7-20,35-36H2,1-6H3,(H,37,42)(H,38,43)(H,39,45)(H,40,44)/t22-,23+,25+,26+,27+,28-,29+/m1/s1. The van der Waals surface area contributed by atoms with E-state index in [0.717, 1.165) is 64.2 Å². The van der Waals surface area contributed by atoms with Crippen LogP contribution < -0.4 is 32.7 Å². The molecule has 8 N–H and O–H groups in total. The van der Waals surface area contributed by atoms with E-state index in [1.54, 1.807) is 20.9 Å². The zero-order valence-electron chi connectivity index (χ0n) is 29.6. The molecule has 47 heavy (non-hydrogen) atoms. The fourth-order valence-electron chi connectivity index (χ4n) is 6.61. The molecule has 0 spiro atoms. The molecule has 0 unspecified atom stereocenters. The van der Waals surface area contributed by atoms with Crippen LogP contribution >= 0.6 is 0 Å².